The predicted molar refractivity (Wildman–Crippen MR) is 63.4 cm³/mol. The van der Waals surface area contributed by atoms with E-state index in [0.29, 0.717) is 12.2 Å². The van der Waals surface area contributed by atoms with Crippen LogP contribution in [0.4, 0.5) is 0 Å². The lowest BCUT2D eigenvalue weighted by molar-refractivity contribution is 0.0961. The highest BCUT2D eigenvalue weighted by Gasteiger charge is 2.14. The molecular weight excluding hydrogens is 258 g/mol. The van der Waals surface area contributed by atoms with E-state index >= 15 is 0 Å². The fourth-order valence-corrected chi connectivity index (χ4v) is 1.98. The zero-order valence-corrected chi connectivity index (χ0v) is 10.6. The number of halogens is 1. The Labute approximate surface area is 97.9 Å². The molecule has 0 radical (unpaired) electrons. The van der Waals surface area contributed by atoms with Crippen LogP contribution in [0.5, 0.6) is 5.75 Å². The van der Waals surface area contributed by atoms with Gasteiger partial charge in [-0.2, -0.15) is 0 Å². The van der Waals surface area contributed by atoms with Crippen LogP contribution in [0.2, 0.25) is 0 Å². The van der Waals surface area contributed by atoms with Crippen molar-refractivity contribution in [2.45, 2.75) is 13.8 Å². The van der Waals surface area contributed by atoms with Crippen LogP contribution in [0.15, 0.2) is 16.6 Å². The molecule has 0 saturated heterocycles. The molecule has 15 heavy (non-hydrogen) atoms. The number of amides is 1. The van der Waals surface area contributed by atoms with Gasteiger partial charge in [0.25, 0.3) is 5.91 Å². The fraction of sp³-hybridized carbons (Fsp3) is 0.364. The highest BCUT2D eigenvalue weighted by Crippen LogP contribution is 2.28. The van der Waals surface area contributed by atoms with Crippen LogP contribution in [0.1, 0.15) is 22.8 Å². The lowest BCUT2D eigenvalue weighted by Gasteiger charge is -2.12. The van der Waals surface area contributed by atoms with Crippen molar-refractivity contribution in [3.05, 3.63) is 27.7 Å². The van der Waals surface area contributed by atoms with Crippen molar-refractivity contribution >= 4 is 21.8 Å². The van der Waals surface area contributed by atoms with E-state index in [0.717, 1.165) is 15.8 Å². The second-order valence-corrected chi connectivity index (χ2v) is 3.91. The molecule has 1 aromatic rings. The van der Waals surface area contributed by atoms with Gasteiger partial charge in [-0.25, -0.2) is 0 Å². The van der Waals surface area contributed by atoms with Crippen molar-refractivity contribution < 1.29 is 9.53 Å². The van der Waals surface area contributed by atoms with E-state index in [9.17, 15) is 4.79 Å². The summed E-state index contributed by atoms with van der Waals surface area (Å²) < 4.78 is 6.21. The summed E-state index contributed by atoms with van der Waals surface area (Å²) in [5, 5.41) is 2.61. The smallest absolute Gasteiger partial charge is 0.252 e. The van der Waals surface area contributed by atoms with Gasteiger partial charge in [-0.1, -0.05) is 0 Å². The fourth-order valence-electron chi connectivity index (χ4n) is 1.38. The van der Waals surface area contributed by atoms with E-state index in [-0.39, 0.29) is 5.91 Å². The third-order valence-corrected chi connectivity index (χ3v) is 2.78. The molecule has 1 rings (SSSR count). The molecule has 1 N–H and O–H groups in total. The lowest BCUT2D eigenvalue weighted by atomic mass is 10.1. The molecule has 0 saturated carbocycles. The molecule has 0 fully saturated rings. The zero-order chi connectivity index (χ0) is 11.4. The molecule has 0 spiro atoms. The third kappa shape index (κ3) is 2.50. The first-order chi connectivity index (χ1) is 7.11. The molecule has 0 unspecified atom stereocenters. The Hall–Kier alpha value is -1.03. The summed E-state index contributed by atoms with van der Waals surface area (Å²) in [5.41, 5.74) is 1.48. The van der Waals surface area contributed by atoms with Crippen LogP contribution in [0, 0.1) is 6.92 Å². The minimum atomic E-state index is -0.110. The number of benzene rings is 1. The molecule has 0 aliphatic carbocycles. The maximum atomic E-state index is 11.6. The van der Waals surface area contributed by atoms with E-state index in [1.807, 2.05) is 26.0 Å². The number of carbonyl (C=O) groups excluding carboxylic acids is 1. The van der Waals surface area contributed by atoms with Crippen molar-refractivity contribution in [1.82, 2.24) is 5.32 Å². The van der Waals surface area contributed by atoms with Gasteiger partial charge < -0.3 is 10.1 Å². The standard InChI is InChI=1S/C11H14BrNO2/c1-4-15-9-6-5-8(12)10(7(9)2)11(14)13-3/h5-6H,4H2,1-3H3,(H,13,14). The molecule has 82 valence electrons. The number of nitrogens with one attached hydrogen (secondary N) is 1. The van der Waals surface area contributed by atoms with Crippen LogP contribution in [0.25, 0.3) is 0 Å². The van der Waals surface area contributed by atoms with Crippen LogP contribution in [-0.2, 0) is 0 Å². The lowest BCUT2D eigenvalue weighted by Crippen LogP contribution is -2.19. The molecule has 0 aromatic heterocycles. The summed E-state index contributed by atoms with van der Waals surface area (Å²) in [6.45, 7) is 4.39. The quantitative estimate of drug-likeness (QED) is 0.918. The Bertz CT molecular complexity index is 377. The average Bonchev–Trinajstić information content (AvgIpc) is 2.22. The average molecular weight is 272 g/mol. The molecule has 3 nitrogen and oxygen atoms in total. The van der Waals surface area contributed by atoms with Crippen molar-refractivity contribution in [1.29, 1.82) is 0 Å². The monoisotopic (exact) mass is 271 g/mol. The number of carbonyl (C=O) groups is 1. The van der Waals surface area contributed by atoms with E-state index < -0.39 is 0 Å². The minimum absolute atomic E-state index is 0.110. The van der Waals surface area contributed by atoms with Crippen LogP contribution in [-0.4, -0.2) is 19.6 Å². The molecule has 0 aliphatic rings. The number of hydrogen-bond acceptors (Lipinski definition) is 2. The summed E-state index contributed by atoms with van der Waals surface area (Å²) in [6.07, 6.45) is 0. The Morgan fingerprint density at radius 3 is 2.73 bits per heavy atom. The van der Waals surface area contributed by atoms with Gasteiger partial charge in [0.05, 0.1) is 12.2 Å². The van der Waals surface area contributed by atoms with Gasteiger partial charge in [-0.05, 0) is 41.9 Å². The molecule has 1 aromatic carbocycles. The molecule has 0 atom stereocenters. The van der Waals surface area contributed by atoms with Gasteiger partial charge in [0.2, 0.25) is 0 Å². The Morgan fingerprint density at radius 1 is 1.53 bits per heavy atom. The maximum Gasteiger partial charge on any atom is 0.252 e. The minimum Gasteiger partial charge on any atom is -0.494 e. The number of rotatable bonds is 3. The van der Waals surface area contributed by atoms with Gasteiger partial charge in [0, 0.05) is 17.1 Å². The maximum absolute atomic E-state index is 11.6. The van der Waals surface area contributed by atoms with Crippen molar-refractivity contribution in [3.63, 3.8) is 0 Å². The van der Waals surface area contributed by atoms with Gasteiger partial charge >= 0.3 is 0 Å². The van der Waals surface area contributed by atoms with Gasteiger partial charge in [0.15, 0.2) is 0 Å². The predicted octanol–water partition coefficient (Wildman–Crippen LogP) is 2.52. The highest BCUT2D eigenvalue weighted by atomic mass is 79.9. The summed E-state index contributed by atoms with van der Waals surface area (Å²) >= 11 is 3.36. The molecule has 0 heterocycles. The van der Waals surface area contributed by atoms with E-state index in [4.69, 9.17) is 4.74 Å². The molecule has 0 aliphatic heterocycles. The molecular formula is C11H14BrNO2. The first-order valence-corrected chi connectivity index (χ1v) is 5.55. The van der Waals surface area contributed by atoms with Crippen molar-refractivity contribution in [3.8, 4) is 5.75 Å². The number of ether oxygens (including phenoxy) is 1. The van der Waals surface area contributed by atoms with E-state index in [2.05, 4.69) is 21.2 Å². The summed E-state index contributed by atoms with van der Waals surface area (Å²) in [4.78, 5) is 11.6. The third-order valence-electron chi connectivity index (χ3n) is 2.12. The van der Waals surface area contributed by atoms with E-state index in [1.165, 1.54) is 0 Å². The zero-order valence-electron chi connectivity index (χ0n) is 9.06. The van der Waals surface area contributed by atoms with Gasteiger partial charge in [0.1, 0.15) is 5.75 Å². The Morgan fingerprint density at radius 2 is 2.20 bits per heavy atom. The summed E-state index contributed by atoms with van der Waals surface area (Å²) in [7, 11) is 1.61. The first-order valence-electron chi connectivity index (χ1n) is 4.75. The van der Waals surface area contributed by atoms with Crippen LogP contribution in [0.3, 0.4) is 0 Å². The second-order valence-electron chi connectivity index (χ2n) is 3.06. The van der Waals surface area contributed by atoms with Crippen molar-refractivity contribution in [2.75, 3.05) is 13.7 Å². The normalized spacial score (nSPS) is 9.87. The van der Waals surface area contributed by atoms with Gasteiger partial charge in [-0.15, -0.1) is 0 Å². The van der Waals surface area contributed by atoms with Crippen molar-refractivity contribution in [2.24, 2.45) is 0 Å². The molecule has 4 heteroatoms. The number of hydrogen-bond donors (Lipinski definition) is 1. The SMILES string of the molecule is CCOc1ccc(Br)c(C(=O)NC)c1C. The molecule has 0 bridgehead atoms. The first kappa shape index (κ1) is 12.0. The second kappa shape index (κ2) is 5.16. The topological polar surface area (TPSA) is 38.3 Å². The highest BCUT2D eigenvalue weighted by molar-refractivity contribution is 9.10. The Balaban J connectivity index is 3.23. The largest absolute Gasteiger partial charge is 0.494 e. The van der Waals surface area contributed by atoms with E-state index in [1.54, 1.807) is 7.05 Å². The summed E-state index contributed by atoms with van der Waals surface area (Å²) in [5.74, 6) is 0.639. The molecule has 1 amide bonds. The van der Waals surface area contributed by atoms with Crippen LogP contribution < -0.4 is 10.1 Å². The van der Waals surface area contributed by atoms with Gasteiger partial charge in [-0.3, -0.25) is 4.79 Å². The summed E-state index contributed by atoms with van der Waals surface area (Å²) in [6, 6.07) is 3.68. The van der Waals surface area contributed by atoms with Crippen LogP contribution >= 0.6 is 15.9 Å². The Kier molecular flexibility index (Phi) is 4.15.